The number of anilines is 1. The third kappa shape index (κ3) is 5.92. The molecule has 1 heterocycles. The van der Waals surface area contributed by atoms with Gasteiger partial charge in [-0.25, -0.2) is 4.79 Å². The summed E-state index contributed by atoms with van der Waals surface area (Å²) >= 11 is 1.33. The summed E-state index contributed by atoms with van der Waals surface area (Å²) < 4.78 is 10.6. The number of rotatable bonds is 8. The number of nitrogens with one attached hydrogen (secondary N) is 1. The Hall–Kier alpha value is -3.13. The maximum Gasteiger partial charge on any atom is 0.338 e. The lowest BCUT2D eigenvalue weighted by Gasteiger charge is -2.06. The Morgan fingerprint density at radius 3 is 2.48 bits per heavy atom. The van der Waals surface area contributed by atoms with Gasteiger partial charge in [0.2, 0.25) is 11.8 Å². The molecule has 7 nitrogen and oxygen atoms in total. The largest absolute Gasteiger partial charge is 0.462 e. The average molecular weight is 411 g/mol. The first-order valence-corrected chi connectivity index (χ1v) is 10.1. The number of aryl methyl sites for hydroxylation is 1. The maximum absolute atomic E-state index is 12.1. The summed E-state index contributed by atoms with van der Waals surface area (Å²) in [6.45, 7) is 4.09. The van der Waals surface area contributed by atoms with Gasteiger partial charge in [-0.3, -0.25) is 4.79 Å². The lowest BCUT2D eigenvalue weighted by Crippen LogP contribution is -2.12. The van der Waals surface area contributed by atoms with Gasteiger partial charge in [0.25, 0.3) is 5.22 Å². The molecule has 8 heteroatoms. The van der Waals surface area contributed by atoms with Gasteiger partial charge in [-0.2, -0.15) is 0 Å². The van der Waals surface area contributed by atoms with Crippen molar-refractivity contribution in [2.24, 2.45) is 0 Å². The molecule has 0 aliphatic heterocycles. The van der Waals surface area contributed by atoms with Gasteiger partial charge in [0, 0.05) is 23.4 Å². The summed E-state index contributed by atoms with van der Waals surface area (Å²) in [7, 11) is 0. The molecule has 1 amide bonds. The minimum Gasteiger partial charge on any atom is -0.462 e. The second-order valence-electron chi connectivity index (χ2n) is 6.18. The van der Waals surface area contributed by atoms with Crippen LogP contribution < -0.4 is 5.32 Å². The highest BCUT2D eigenvalue weighted by molar-refractivity contribution is 7.99. The highest BCUT2D eigenvalue weighted by Crippen LogP contribution is 2.24. The average Bonchev–Trinajstić information content (AvgIpc) is 3.18. The highest BCUT2D eigenvalue weighted by Gasteiger charge is 2.11. The van der Waals surface area contributed by atoms with Crippen LogP contribution >= 0.6 is 11.8 Å². The number of amides is 1. The summed E-state index contributed by atoms with van der Waals surface area (Å²) in [5.74, 6) is 0.437. The lowest BCUT2D eigenvalue weighted by molar-refractivity contribution is -0.115. The predicted molar refractivity (Wildman–Crippen MR) is 111 cm³/mol. The Bertz CT molecular complexity index is 968. The van der Waals surface area contributed by atoms with Crippen LogP contribution in [0.2, 0.25) is 0 Å². The van der Waals surface area contributed by atoms with Crippen LogP contribution in [0.4, 0.5) is 5.69 Å². The minimum absolute atomic E-state index is 0.139. The maximum atomic E-state index is 12.1. The van der Waals surface area contributed by atoms with Gasteiger partial charge in [0.1, 0.15) is 0 Å². The van der Waals surface area contributed by atoms with Crippen LogP contribution in [0, 0.1) is 6.92 Å². The topological polar surface area (TPSA) is 94.3 Å². The van der Waals surface area contributed by atoms with E-state index >= 15 is 0 Å². The lowest BCUT2D eigenvalue weighted by atomic mass is 10.1. The van der Waals surface area contributed by atoms with Crippen molar-refractivity contribution in [3.05, 3.63) is 59.7 Å². The van der Waals surface area contributed by atoms with Crippen LogP contribution in [0.3, 0.4) is 0 Å². The standard InChI is InChI=1S/C21H21N3O4S/c1-3-27-20(26)16-8-10-17(11-9-16)22-18(25)12-13-29-21-24-23-19(28-21)15-6-4-14(2)5-7-15/h4-11H,3,12-13H2,1-2H3,(H,22,25). The third-order valence-corrected chi connectivity index (χ3v) is 4.76. The molecular formula is C21H21N3O4S. The normalized spacial score (nSPS) is 10.6. The van der Waals surface area contributed by atoms with Gasteiger partial charge in [-0.15, -0.1) is 10.2 Å². The Kier molecular flexibility index (Phi) is 7.02. The number of ether oxygens (including phenoxy) is 1. The van der Waals surface area contributed by atoms with Crippen LogP contribution in [-0.4, -0.2) is 34.4 Å². The highest BCUT2D eigenvalue weighted by atomic mass is 32.2. The fraction of sp³-hybridized carbons (Fsp3) is 0.238. The van der Waals surface area contributed by atoms with Gasteiger partial charge >= 0.3 is 5.97 Å². The number of nitrogens with zero attached hydrogens (tertiary/aromatic N) is 2. The summed E-state index contributed by atoms with van der Waals surface area (Å²) in [5.41, 5.74) is 3.08. The van der Waals surface area contributed by atoms with E-state index in [1.807, 2.05) is 31.2 Å². The van der Waals surface area contributed by atoms with Crippen LogP contribution in [-0.2, 0) is 9.53 Å². The van der Waals surface area contributed by atoms with E-state index in [1.54, 1.807) is 31.2 Å². The van der Waals surface area contributed by atoms with Crippen molar-refractivity contribution in [3.8, 4) is 11.5 Å². The third-order valence-electron chi connectivity index (χ3n) is 3.94. The number of carbonyl (C=O) groups is 2. The van der Waals surface area contributed by atoms with E-state index < -0.39 is 0 Å². The molecule has 0 saturated carbocycles. The molecule has 29 heavy (non-hydrogen) atoms. The fourth-order valence-corrected chi connectivity index (χ4v) is 3.14. The molecule has 0 bridgehead atoms. The Labute approximate surface area is 172 Å². The number of thioether (sulfide) groups is 1. The summed E-state index contributed by atoms with van der Waals surface area (Å²) in [4.78, 5) is 23.7. The SMILES string of the molecule is CCOC(=O)c1ccc(NC(=O)CCSc2nnc(-c3ccc(C)cc3)o2)cc1. The first-order chi connectivity index (χ1) is 14.0. The van der Waals surface area contributed by atoms with Crippen molar-refractivity contribution < 1.29 is 18.7 Å². The molecule has 1 N–H and O–H groups in total. The number of benzene rings is 2. The molecule has 150 valence electrons. The van der Waals surface area contributed by atoms with Crippen LogP contribution in [0.25, 0.3) is 11.5 Å². The molecular weight excluding hydrogens is 390 g/mol. The smallest absolute Gasteiger partial charge is 0.338 e. The van der Waals surface area contributed by atoms with Gasteiger partial charge < -0.3 is 14.5 Å². The monoisotopic (exact) mass is 411 g/mol. The van der Waals surface area contributed by atoms with Gasteiger partial charge in [0.15, 0.2) is 0 Å². The zero-order valence-electron chi connectivity index (χ0n) is 16.2. The summed E-state index contributed by atoms with van der Waals surface area (Å²) in [6.07, 6.45) is 0.284. The van der Waals surface area contributed by atoms with Gasteiger partial charge in [0.05, 0.1) is 12.2 Å². The van der Waals surface area contributed by atoms with Crippen molar-refractivity contribution in [3.63, 3.8) is 0 Å². The molecule has 3 aromatic rings. The number of hydrogen-bond donors (Lipinski definition) is 1. The van der Waals surface area contributed by atoms with Crippen LogP contribution in [0.15, 0.2) is 58.2 Å². The molecule has 0 unspecified atom stereocenters. The van der Waals surface area contributed by atoms with Crippen molar-refractivity contribution in [1.29, 1.82) is 0 Å². The molecule has 0 radical (unpaired) electrons. The number of aromatic nitrogens is 2. The van der Waals surface area contributed by atoms with Gasteiger partial charge in [-0.05, 0) is 50.2 Å². The molecule has 2 aromatic carbocycles. The summed E-state index contributed by atoms with van der Waals surface area (Å²) in [6, 6.07) is 14.4. The molecule has 0 atom stereocenters. The Balaban J connectivity index is 1.45. The second kappa shape index (κ2) is 9.88. The molecule has 0 spiro atoms. The molecule has 0 saturated heterocycles. The van der Waals surface area contributed by atoms with E-state index in [1.165, 1.54) is 11.8 Å². The van der Waals surface area contributed by atoms with Gasteiger partial charge in [-0.1, -0.05) is 29.5 Å². The van der Waals surface area contributed by atoms with E-state index in [0.717, 1.165) is 11.1 Å². The molecule has 0 fully saturated rings. The minimum atomic E-state index is -0.383. The van der Waals surface area contributed by atoms with E-state index in [0.29, 0.717) is 34.7 Å². The number of carbonyl (C=O) groups excluding carboxylic acids is 2. The summed E-state index contributed by atoms with van der Waals surface area (Å²) in [5, 5.41) is 11.3. The predicted octanol–water partition coefficient (Wildman–Crippen LogP) is 4.34. The zero-order valence-corrected chi connectivity index (χ0v) is 17.0. The number of esters is 1. The van der Waals surface area contributed by atoms with E-state index in [9.17, 15) is 9.59 Å². The quantitative estimate of drug-likeness (QED) is 0.435. The Morgan fingerprint density at radius 2 is 1.79 bits per heavy atom. The van der Waals surface area contributed by atoms with Crippen LogP contribution in [0.5, 0.6) is 0 Å². The second-order valence-corrected chi connectivity index (χ2v) is 7.23. The van der Waals surface area contributed by atoms with Crippen molar-refractivity contribution in [2.75, 3.05) is 17.7 Å². The van der Waals surface area contributed by atoms with Crippen molar-refractivity contribution >= 4 is 29.3 Å². The van der Waals surface area contributed by atoms with Crippen molar-refractivity contribution in [1.82, 2.24) is 10.2 Å². The van der Waals surface area contributed by atoms with E-state index in [-0.39, 0.29) is 18.3 Å². The van der Waals surface area contributed by atoms with E-state index in [4.69, 9.17) is 9.15 Å². The first-order valence-electron chi connectivity index (χ1n) is 9.15. The molecule has 3 rings (SSSR count). The van der Waals surface area contributed by atoms with Crippen LogP contribution in [0.1, 0.15) is 29.3 Å². The zero-order chi connectivity index (χ0) is 20.6. The molecule has 1 aromatic heterocycles. The molecule has 0 aliphatic carbocycles. The molecule has 0 aliphatic rings. The fourth-order valence-electron chi connectivity index (χ4n) is 2.44. The van der Waals surface area contributed by atoms with Crippen molar-refractivity contribution in [2.45, 2.75) is 25.5 Å². The first kappa shape index (κ1) is 20.6. The van der Waals surface area contributed by atoms with E-state index in [2.05, 4.69) is 15.5 Å². The number of hydrogen-bond acceptors (Lipinski definition) is 7. The Morgan fingerprint density at radius 1 is 1.07 bits per heavy atom.